The molecular formula is C13H20N2O4. The molecule has 19 heavy (non-hydrogen) atoms. The third-order valence-corrected chi connectivity index (χ3v) is 2.86. The lowest BCUT2D eigenvalue weighted by Gasteiger charge is -2.19. The number of ether oxygens (including phenoxy) is 1. The summed E-state index contributed by atoms with van der Waals surface area (Å²) in [5.74, 6) is 0. The topological polar surface area (TPSA) is 75.8 Å². The smallest absolute Gasteiger partial charge is 0.292 e. The second-order valence-corrected chi connectivity index (χ2v) is 4.30. The van der Waals surface area contributed by atoms with Crippen LogP contribution in [0.1, 0.15) is 25.5 Å². The molecule has 0 aromatic heterocycles. The van der Waals surface area contributed by atoms with Gasteiger partial charge >= 0.3 is 0 Å². The van der Waals surface area contributed by atoms with Crippen LogP contribution in [0.2, 0.25) is 0 Å². The lowest BCUT2D eigenvalue weighted by Crippen LogP contribution is -2.23. The van der Waals surface area contributed by atoms with Crippen LogP contribution >= 0.6 is 0 Å². The highest BCUT2D eigenvalue weighted by atomic mass is 16.6. The summed E-state index contributed by atoms with van der Waals surface area (Å²) < 4.78 is 5.24. The Kier molecular flexibility index (Phi) is 5.72. The average molecular weight is 268 g/mol. The number of nitro groups is 1. The van der Waals surface area contributed by atoms with Gasteiger partial charge in [0.2, 0.25) is 0 Å². The van der Waals surface area contributed by atoms with Crippen molar-refractivity contribution in [3.63, 3.8) is 0 Å². The highest BCUT2D eigenvalue weighted by Crippen LogP contribution is 2.30. The summed E-state index contributed by atoms with van der Waals surface area (Å²) in [4.78, 5) is 12.4. The summed E-state index contributed by atoms with van der Waals surface area (Å²) in [5, 5.41) is 20.6. The molecule has 0 saturated heterocycles. The average Bonchev–Trinajstić information content (AvgIpc) is 2.38. The number of nitro benzene ring substituents is 1. The molecule has 1 rings (SSSR count). The second kappa shape index (κ2) is 7.06. The summed E-state index contributed by atoms with van der Waals surface area (Å²) in [6, 6.07) is 4.77. The van der Waals surface area contributed by atoms with Crippen LogP contribution in [0, 0.1) is 10.1 Å². The first kappa shape index (κ1) is 15.4. The Morgan fingerprint density at radius 2 is 2.21 bits per heavy atom. The van der Waals surface area contributed by atoms with Crippen LogP contribution in [-0.4, -0.2) is 36.8 Å². The van der Waals surface area contributed by atoms with Gasteiger partial charge in [0.05, 0.1) is 17.6 Å². The predicted molar refractivity (Wildman–Crippen MR) is 73.5 cm³/mol. The molecule has 6 nitrogen and oxygen atoms in total. The molecule has 0 amide bonds. The van der Waals surface area contributed by atoms with E-state index in [4.69, 9.17) is 4.74 Å². The van der Waals surface area contributed by atoms with E-state index in [1.807, 2.05) is 6.92 Å². The first-order valence-electron chi connectivity index (χ1n) is 6.22. The molecule has 0 aliphatic heterocycles. The van der Waals surface area contributed by atoms with Gasteiger partial charge in [0, 0.05) is 26.3 Å². The highest BCUT2D eigenvalue weighted by Gasteiger charge is 2.18. The van der Waals surface area contributed by atoms with Crippen LogP contribution in [-0.2, 0) is 4.74 Å². The van der Waals surface area contributed by atoms with Gasteiger partial charge in [-0.25, -0.2) is 0 Å². The number of hydrogen-bond donors (Lipinski definition) is 1. The monoisotopic (exact) mass is 268 g/mol. The fourth-order valence-electron chi connectivity index (χ4n) is 1.74. The molecule has 0 saturated carbocycles. The Hall–Kier alpha value is -1.66. The molecule has 1 aromatic carbocycles. The van der Waals surface area contributed by atoms with Gasteiger partial charge in [-0.1, -0.05) is 6.07 Å². The van der Waals surface area contributed by atoms with Gasteiger partial charge in [0.1, 0.15) is 5.69 Å². The fourth-order valence-corrected chi connectivity index (χ4v) is 1.74. The molecule has 0 heterocycles. The number of aliphatic hydroxyl groups excluding tert-OH is 1. The number of nitrogens with zero attached hydrogens (tertiary/aromatic N) is 2. The van der Waals surface area contributed by atoms with E-state index in [0.29, 0.717) is 31.0 Å². The zero-order chi connectivity index (χ0) is 14.4. The quantitative estimate of drug-likeness (QED) is 0.465. The Morgan fingerprint density at radius 3 is 2.74 bits per heavy atom. The molecule has 0 radical (unpaired) electrons. The van der Waals surface area contributed by atoms with Crippen molar-refractivity contribution in [2.24, 2.45) is 0 Å². The standard InChI is InChI=1S/C13H20N2O4/c1-4-19-8-7-14(3)12-6-5-11(10(2)16)9-13(12)15(17)18/h5-6,9-10,16H,4,7-8H2,1-3H3/t10-/m1/s1. The van der Waals surface area contributed by atoms with Crippen molar-refractivity contribution >= 4 is 11.4 Å². The van der Waals surface area contributed by atoms with Gasteiger partial charge in [-0.05, 0) is 25.5 Å². The normalized spacial score (nSPS) is 12.2. The van der Waals surface area contributed by atoms with Crippen LogP contribution in [0.5, 0.6) is 0 Å². The minimum atomic E-state index is -0.721. The van der Waals surface area contributed by atoms with E-state index >= 15 is 0 Å². The van der Waals surface area contributed by atoms with Crippen molar-refractivity contribution < 1.29 is 14.8 Å². The maximum atomic E-state index is 11.1. The first-order valence-corrected chi connectivity index (χ1v) is 6.22. The number of aliphatic hydroxyl groups is 1. The zero-order valence-electron chi connectivity index (χ0n) is 11.5. The molecule has 0 aliphatic carbocycles. The van der Waals surface area contributed by atoms with Gasteiger partial charge in [-0.3, -0.25) is 10.1 Å². The van der Waals surface area contributed by atoms with Gasteiger partial charge in [0.25, 0.3) is 5.69 Å². The molecule has 0 fully saturated rings. The molecule has 6 heteroatoms. The van der Waals surface area contributed by atoms with Crippen molar-refractivity contribution in [1.29, 1.82) is 0 Å². The lowest BCUT2D eigenvalue weighted by atomic mass is 10.1. The lowest BCUT2D eigenvalue weighted by molar-refractivity contribution is -0.384. The third kappa shape index (κ3) is 4.18. The largest absolute Gasteiger partial charge is 0.389 e. The fraction of sp³-hybridized carbons (Fsp3) is 0.538. The Morgan fingerprint density at radius 1 is 1.53 bits per heavy atom. The van der Waals surface area contributed by atoms with Crippen LogP contribution in [0.3, 0.4) is 0 Å². The van der Waals surface area contributed by atoms with Gasteiger partial charge in [-0.15, -0.1) is 0 Å². The van der Waals surface area contributed by atoms with Crippen molar-refractivity contribution in [1.82, 2.24) is 0 Å². The number of anilines is 1. The predicted octanol–water partition coefficient (Wildman–Crippen LogP) is 2.12. The third-order valence-electron chi connectivity index (χ3n) is 2.86. The first-order chi connectivity index (χ1) is 8.97. The Bertz CT molecular complexity index is 435. The second-order valence-electron chi connectivity index (χ2n) is 4.30. The minimum Gasteiger partial charge on any atom is -0.389 e. The number of rotatable bonds is 7. The van der Waals surface area contributed by atoms with E-state index in [9.17, 15) is 15.2 Å². The van der Waals surface area contributed by atoms with E-state index in [2.05, 4.69) is 0 Å². The minimum absolute atomic E-state index is 0.00241. The maximum Gasteiger partial charge on any atom is 0.292 e. The van der Waals surface area contributed by atoms with Gasteiger partial charge in [0.15, 0.2) is 0 Å². The van der Waals surface area contributed by atoms with Crippen molar-refractivity contribution in [2.45, 2.75) is 20.0 Å². The molecule has 0 bridgehead atoms. The van der Waals surface area contributed by atoms with E-state index < -0.39 is 11.0 Å². The molecule has 0 spiro atoms. The summed E-state index contributed by atoms with van der Waals surface area (Å²) in [6.45, 7) is 5.19. The van der Waals surface area contributed by atoms with E-state index in [-0.39, 0.29) is 5.69 Å². The van der Waals surface area contributed by atoms with E-state index in [1.165, 1.54) is 6.07 Å². The van der Waals surface area contributed by atoms with Gasteiger partial charge < -0.3 is 14.7 Å². The van der Waals surface area contributed by atoms with Crippen molar-refractivity contribution in [3.05, 3.63) is 33.9 Å². The summed E-state index contributed by atoms with van der Waals surface area (Å²) >= 11 is 0. The van der Waals surface area contributed by atoms with Crippen LogP contribution in [0.25, 0.3) is 0 Å². The van der Waals surface area contributed by atoms with Crippen molar-refractivity contribution in [2.75, 3.05) is 31.7 Å². The molecule has 0 unspecified atom stereocenters. The zero-order valence-corrected chi connectivity index (χ0v) is 11.5. The number of likely N-dealkylation sites (N-methyl/N-ethyl adjacent to an activating group) is 1. The molecule has 0 aliphatic rings. The van der Waals surface area contributed by atoms with Crippen molar-refractivity contribution in [3.8, 4) is 0 Å². The van der Waals surface area contributed by atoms with Crippen LogP contribution in [0.15, 0.2) is 18.2 Å². The highest BCUT2D eigenvalue weighted by molar-refractivity contribution is 5.64. The molecule has 106 valence electrons. The SMILES string of the molecule is CCOCCN(C)c1ccc([C@@H](C)O)cc1[N+](=O)[O-]. The summed E-state index contributed by atoms with van der Waals surface area (Å²) in [5.41, 5.74) is 1.06. The molecule has 1 aromatic rings. The van der Waals surface area contributed by atoms with Crippen LogP contribution in [0.4, 0.5) is 11.4 Å². The maximum absolute atomic E-state index is 11.1. The number of hydrogen-bond acceptors (Lipinski definition) is 5. The van der Waals surface area contributed by atoms with E-state index in [0.717, 1.165) is 0 Å². The summed E-state index contributed by atoms with van der Waals surface area (Å²) in [6.07, 6.45) is -0.721. The molecule has 1 N–H and O–H groups in total. The molecular weight excluding hydrogens is 248 g/mol. The number of benzene rings is 1. The molecule has 1 atom stereocenters. The van der Waals surface area contributed by atoms with E-state index in [1.54, 1.807) is 31.0 Å². The Balaban J connectivity index is 2.96. The van der Waals surface area contributed by atoms with Crippen LogP contribution < -0.4 is 4.90 Å². The Labute approximate surface area is 112 Å². The van der Waals surface area contributed by atoms with Gasteiger partial charge in [-0.2, -0.15) is 0 Å². The summed E-state index contributed by atoms with van der Waals surface area (Å²) in [7, 11) is 1.78.